The number of hydrogen-bond acceptors (Lipinski definition) is 5. The Balaban J connectivity index is 2.17. The van der Waals surface area contributed by atoms with Crippen molar-refractivity contribution < 1.29 is 37.0 Å². The lowest BCUT2D eigenvalue weighted by atomic mass is 10.1. The van der Waals surface area contributed by atoms with Crippen LogP contribution in [0.15, 0.2) is 42.5 Å². The molecule has 150 valence electrons. The third-order valence-electron chi connectivity index (χ3n) is 3.78. The Morgan fingerprint density at radius 1 is 0.964 bits per heavy atom. The number of benzene rings is 2. The molecule has 0 heterocycles. The van der Waals surface area contributed by atoms with Crippen molar-refractivity contribution in [2.45, 2.75) is 19.2 Å². The van der Waals surface area contributed by atoms with E-state index in [-0.39, 0.29) is 17.1 Å². The van der Waals surface area contributed by atoms with Crippen LogP contribution in [0.2, 0.25) is 0 Å². The van der Waals surface area contributed by atoms with Crippen LogP contribution in [0.3, 0.4) is 0 Å². The molecule has 0 fully saturated rings. The Bertz CT molecular complexity index is 845. The van der Waals surface area contributed by atoms with E-state index in [0.29, 0.717) is 0 Å². The zero-order valence-electron chi connectivity index (χ0n) is 15.3. The summed E-state index contributed by atoms with van der Waals surface area (Å²) in [7, 11) is 2.69. The summed E-state index contributed by atoms with van der Waals surface area (Å²) in [5, 5.41) is 2.13. The number of methoxy groups -OCH3 is 2. The van der Waals surface area contributed by atoms with Gasteiger partial charge >= 0.3 is 12.1 Å². The van der Waals surface area contributed by atoms with Crippen LogP contribution in [0.4, 0.5) is 18.9 Å². The summed E-state index contributed by atoms with van der Waals surface area (Å²) in [4.78, 5) is 24.7. The molecule has 0 aliphatic rings. The average molecular weight is 397 g/mol. The van der Waals surface area contributed by atoms with Gasteiger partial charge in [0.25, 0.3) is 5.91 Å². The van der Waals surface area contributed by atoms with Crippen molar-refractivity contribution in [3.8, 4) is 11.5 Å². The number of hydrogen-bond donors (Lipinski definition) is 1. The normalized spacial score (nSPS) is 12.1. The molecule has 28 heavy (non-hydrogen) atoms. The van der Waals surface area contributed by atoms with Crippen molar-refractivity contribution in [3.63, 3.8) is 0 Å². The molecule has 0 aliphatic carbocycles. The highest BCUT2D eigenvalue weighted by molar-refractivity contribution is 6.00. The molecule has 2 rings (SSSR count). The SMILES string of the molecule is COc1cccc(OC)c1C(=O)O[C@H](C)C(=O)Nc1ccccc1C(F)(F)F. The fourth-order valence-electron chi connectivity index (χ4n) is 2.40. The molecule has 0 saturated heterocycles. The standard InChI is InChI=1S/C19H18F3NO5/c1-11(17(24)23-13-8-5-4-7-12(13)19(20,21)22)28-18(25)16-14(26-2)9-6-10-15(16)27-3/h4-11H,1-3H3,(H,23,24)/t11-/m1/s1. The van der Waals surface area contributed by atoms with Gasteiger partial charge in [0.05, 0.1) is 25.5 Å². The number of halogens is 3. The minimum absolute atomic E-state index is 0.0390. The molecule has 1 atom stereocenters. The monoisotopic (exact) mass is 397 g/mol. The molecule has 9 heteroatoms. The third-order valence-corrected chi connectivity index (χ3v) is 3.78. The average Bonchev–Trinajstić information content (AvgIpc) is 2.66. The number of para-hydroxylation sites is 1. The van der Waals surface area contributed by atoms with E-state index < -0.39 is 35.4 Å². The molecule has 0 unspecified atom stereocenters. The van der Waals surface area contributed by atoms with Gasteiger partial charge in [-0.3, -0.25) is 4.79 Å². The fourth-order valence-corrected chi connectivity index (χ4v) is 2.40. The summed E-state index contributed by atoms with van der Waals surface area (Å²) in [6.45, 7) is 1.24. The van der Waals surface area contributed by atoms with Gasteiger partial charge in [-0.1, -0.05) is 18.2 Å². The fraction of sp³-hybridized carbons (Fsp3) is 0.263. The molecule has 0 saturated carbocycles. The predicted octanol–water partition coefficient (Wildman–Crippen LogP) is 3.91. The molecule has 2 aromatic carbocycles. The van der Waals surface area contributed by atoms with Crippen molar-refractivity contribution in [3.05, 3.63) is 53.6 Å². The van der Waals surface area contributed by atoms with Gasteiger partial charge < -0.3 is 19.5 Å². The first-order chi connectivity index (χ1) is 13.2. The van der Waals surface area contributed by atoms with Crippen molar-refractivity contribution in [1.29, 1.82) is 0 Å². The number of nitrogens with one attached hydrogen (secondary N) is 1. The number of carbonyl (C=O) groups excluding carboxylic acids is 2. The molecule has 0 bridgehead atoms. The lowest BCUT2D eigenvalue weighted by Crippen LogP contribution is -2.31. The van der Waals surface area contributed by atoms with Crippen LogP contribution in [-0.4, -0.2) is 32.2 Å². The van der Waals surface area contributed by atoms with E-state index in [4.69, 9.17) is 14.2 Å². The minimum atomic E-state index is -4.64. The van der Waals surface area contributed by atoms with Gasteiger partial charge in [-0.25, -0.2) is 4.79 Å². The van der Waals surface area contributed by atoms with Gasteiger partial charge in [0.1, 0.15) is 17.1 Å². The summed E-state index contributed by atoms with van der Waals surface area (Å²) < 4.78 is 54.4. The van der Waals surface area contributed by atoms with E-state index in [9.17, 15) is 22.8 Å². The van der Waals surface area contributed by atoms with Crippen molar-refractivity contribution in [2.75, 3.05) is 19.5 Å². The van der Waals surface area contributed by atoms with E-state index in [1.165, 1.54) is 45.4 Å². The molecule has 0 spiro atoms. The van der Waals surface area contributed by atoms with Crippen molar-refractivity contribution in [2.24, 2.45) is 0 Å². The Morgan fingerprint density at radius 3 is 2.07 bits per heavy atom. The van der Waals surface area contributed by atoms with Crippen LogP contribution < -0.4 is 14.8 Å². The Kier molecular flexibility index (Phi) is 6.50. The molecule has 1 amide bonds. The maximum atomic E-state index is 13.0. The molecule has 6 nitrogen and oxygen atoms in total. The molecule has 1 N–H and O–H groups in total. The quantitative estimate of drug-likeness (QED) is 0.749. The van der Waals surface area contributed by atoms with Gasteiger partial charge in [-0.2, -0.15) is 13.2 Å². The van der Waals surface area contributed by atoms with Gasteiger partial charge in [0.2, 0.25) is 0 Å². The summed E-state index contributed by atoms with van der Waals surface area (Å²) >= 11 is 0. The van der Waals surface area contributed by atoms with Gasteiger partial charge in [0.15, 0.2) is 6.10 Å². The van der Waals surface area contributed by atoms with Crippen molar-refractivity contribution in [1.82, 2.24) is 0 Å². The first kappa shape index (κ1) is 21.1. The maximum Gasteiger partial charge on any atom is 0.418 e. The second kappa shape index (κ2) is 8.64. The smallest absolute Gasteiger partial charge is 0.418 e. The van der Waals surface area contributed by atoms with Crippen LogP contribution >= 0.6 is 0 Å². The van der Waals surface area contributed by atoms with Gasteiger partial charge in [-0.15, -0.1) is 0 Å². The van der Waals surface area contributed by atoms with Crippen molar-refractivity contribution >= 4 is 17.6 Å². The summed E-state index contributed by atoms with van der Waals surface area (Å²) in [5.74, 6) is -1.50. The third kappa shape index (κ3) is 4.73. The highest BCUT2D eigenvalue weighted by Gasteiger charge is 2.34. The van der Waals surface area contributed by atoms with Gasteiger partial charge in [0, 0.05) is 0 Å². The van der Waals surface area contributed by atoms with E-state index >= 15 is 0 Å². The first-order valence-electron chi connectivity index (χ1n) is 8.08. The number of amides is 1. The topological polar surface area (TPSA) is 73.9 Å². The number of carbonyl (C=O) groups is 2. The zero-order valence-corrected chi connectivity index (χ0v) is 15.3. The number of ether oxygens (including phenoxy) is 3. The maximum absolute atomic E-state index is 13.0. The Labute approximate surface area is 159 Å². The zero-order chi connectivity index (χ0) is 20.9. The molecule has 0 aliphatic heterocycles. The minimum Gasteiger partial charge on any atom is -0.496 e. The van der Waals surface area contributed by atoms with Crippen LogP contribution in [0, 0.1) is 0 Å². The lowest BCUT2D eigenvalue weighted by molar-refractivity contribution is -0.137. The number of rotatable bonds is 6. The Hall–Kier alpha value is -3.23. The Morgan fingerprint density at radius 2 is 1.54 bits per heavy atom. The van der Waals surface area contributed by atoms with Gasteiger partial charge in [-0.05, 0) is 31.2 Å². The van der Waals surface area contributed by atoms with Crippen LogP contribution in [0.25, 0.3) is 0 Å². The number of anilines is 1. The van der Waals surface area contributed by atoms with Crippen LogP contribution in [-0.2, 0) is 15.7 Å². The number of esters is 1. The van der Waals surface area contributed by atoms with Crippen LogP contribution in [0.1, 0.15) is 22.8 Å². The largest absolute Gasteiger partial charge is 0.496 e. The van der Waals surface area contributed by atoms with E-state index in [0.717, 1.165) is 12.1 Å². The summed E-state index contributed by atoms with van der Waals surface area (Å²) in [5.41, 5.74) is -1.48. The highest BCUT2D eigenvalue weighted by atomic mass is 19.4. The second-order valence-electron chi connectivity index (χ2n) is 5.62. The van der Waals surface area contributed by atoms with Crippen LogP contribution in [0.5, 0.6) is 11.5 Å². The van der Waals surface area contributed by atoms with E-state index in [1.54, 1.807) is 6.07 Å². The second-order valence-corrected chi connectivity index (χ2v) is 5.62. The molecule has 0 radical (unpaired) electrons. The molecular formula is C19H18F3NO5. The predicted molar refractivity (Wildman–Crippen MR) is 94.5 cm³/mol. The molecule has 0 aromatic heterocycles. The number of alkyl halides is 3. The lowest BCUT2D eigenvalue weighted by Gasteiger charge is -2.18. The molecular weight excluding hydrogens is 379 g/mol. The van der Waals surface area contributed by atoms with E-state index in [1.807, 2.05) is 0 Å². The van der Waals surface area contributed by atoms with E-state index in [2.05, 4.69) is 5.32 Å². The summed E-state index contributed by atoms with van der Waals surface area (Å²) in [6.07, 6.45) is -6.02. The molecule has 2 aromatic rings. The first-order valence-corrected chi connectivity index (χ1v) is 8.08. The highest BCUT2D eigenvalue weighted by Crippen LogP contribution is 2.34. The summed E-state index contributed by atoms with van der Waals surface area (Å²) in [6, 6.07) is 9.10.